The molecule has 2 fully saturated rings. The highest BCUT2D eigenvalue weighted by molar-refractivity contribution is 7.09. The monoisotopic (exact) mass is 583 g/mol. The molecular weight excluding hydrogens is 553 g/mol. The second-order valence-electron chi connectivity index (χ2n) is 11.1. The van der Waals surface area contributed by atoms with Gasteiger partial charge in [-0.05, 0) is 68.6 Å². The first-order valence-electron chi connectivity index (χ1n) is 13.6. The normalized spacial score (nSPS) is 20.2. The van der Waals surface area contributed by atoms with Crippen LogP contribution in [0.2, 0.25) is 5.02 Å². The summed E-state index contributed by atoms with van der Waals surface area (Å²) in [5.41, 5.74) is 2.55. The molecule has 2 aliphatic heterocycles. The first-order chi connectivity index (χ1) is 19.2. The van der Waals surface area contributed by atoms with Crippen molar-refractivity contribution in [3.63, 3.8) is 0 Å². The number of rotatable bonds is 9. The Hall–Kier alpha value is -2.92. The SMILES string of the molecule is CC1(Cn2c(CC3CCN(Cc4nc(Cc5ccc(Cl)cc5F)cs4)CC3)nc3ccc(C(=O)O)nc32)CCO1. The molecule has 0 amide bonds. The van der Waals surface area contributed by atoms with Crippen LogP contribution in [0.4, 0.5) is 4.39 Å². The number of carbonyl (C=O) groups is 1. The molecular formula is C29H31ClFN5O3S. The van der Waals surface area contributed by atoms with Gasteiger partial charge in [-0.2, -0.15) is 0 Å². The molecule has 210 valence electrons. The molecule has 5 heterocycles. The lowest BCUT2D eigenvalue weighted by atomic mass is 9.92. The van der Waals surface area contributed by atoms with Crippen molar-refractivity contribution in [3.05, 3.63) is 74.3 Å². The Kier molecular flexibility index (Phi) is 7.60. The van der Waals surface area contributed by atoms with Crippen LogP contribution in [0.15, 0.2) is 35.7 Å². The quantitative estimate of drug-likeness (QED) is 0.274. The maximum absolute atomic E-state index is 14.2. The highest BCUT2D eigenvalue weighted by Crippen LogP contribution is 2.31. The van der Waals surface area contributed by atoms with Gasteiger partial charge < -0.3 is 14.4 Å². The van der Waals surface area contributed by atoms with Crippen molar-refractivity contribution in [3.8, 4) is 0 Å². The minimum atomic E-state index is -1.04. The predicted octanol–water partition coefficient (Wildman–Crippen LogP) is 5.60. The summed E-state index contributed by atoms with van der Waals surface area (Å²) in [5.74, 6) is 0.0732. The van der Waals surface area contributed by atoms with Crippen molar-refractivity contribution in [2.45, 2.75) is 57.7 Å². The van der Waals surface area contributed by atoms with E-state index in [2.05, 4.69) is 21.4 Å². The lowest BCUT2D eigenvalue weighted by molar-refractivity contribution is -0.142. The third kappa shape index (κ3) is 5.90. The van der Waals surface area contributed by atoms with Gasteiger partial charge in [-0.25, -0.2) is 24.1 Å². The van der Waals surface area contributed by atoms with Gasteiger partial charge in [0, 0.05) is 29.7 Å². The Morgan fingerprint density at radius 2 is 2.02 bits per heavy atom. The second kappa shape index (κ2) is 11.2. The topological polar surface area (TPSA) is 93.4 Å². The Morgan fingerprint density at radius 1 is 1.23 bits per heavy atom. The van der Waals surface area contributed by atoms with Crippen LogP contribution in [0, 0.1) is 11.7 Å². The van der Waals surface area contributed by atoms with Gasteiger partial charge in [-0.15, -0.1) is 11.3 Å². The molecule has 0 saturated carbocycles. The summed E-state index contributed by atoms with van der Waals surface area (Å²) in [6.45, 7) is 6.16. The molecule has 40 heavy (non-hydrogen) atoms. The summed E-state index contributed by atoms with van der Waals surface area (Å²) in [6, 6.07) is 8.03. The number of aromatic carboxylic acids is 1. The maximum atomic E-state index is 14.2. The molecule has 1 aromatic carbocycles. The van der Waals surface area contributed by atoms with E-state index in [0.29, 0.717) is 35.1 Å². The molecule has 6 rings (SSSR count). The Labute approximate surface area is 240 Å². The van der Waals surface area contributed by atoms with Crippen molar-refractivity contribution in [1.29, 1.82) is 0 Å². The summed E-state index contributed by atoms with van der Waals surface area (Å²) in [7, 11) is 0. The smallest absolute Gasteiger partial charge is 0.354 e. The Balaban J connectivity index is 1.09. The lowest BCUT2D eigenvalue weighted by Gasteiger charge is -2.39. The first-order valence-corrected chi connectivity index (χ1v) is 14.8. The van der Waals surface area contributed by atoms with Crippen LogP contribution >= 0.6 is 22.9 Å². The Bertz CT molecular complexity index is 1540. The molecule has 1 atom stereocenters. The van der Waals surface area contributed by atoms with E-state index in [4.69, 9.17) is 26.3 Å². The minimum Gasteiger partial charge on any atom is -0.477 e. The van der Waals surface area contributed by atoms with Crippen LogP contribution in [0.5, 0.6) is 0 Å². The molecule has 11 heteroatoms. The standard InChI is InChI=1S/C29H31ClFN5O3S/c1-29(8-11-39-29)17-36-25(33-23-4-5-24(28(37)38)34-27(23)36)12-18-6-9-35(10-7-18)15-26-32-21(16-40-26)13-19-2-3-20(30)14-22(19)31/h2-5,14,16,18H,6-13,15,17H2,1H3,(H,37,38). The van der Waals surface area contributed by atoms with Crippen LogP contribution in [-0.4, -0.2) is 60.8 Å². The number of fused-ring (bicyclic) bond motifs is 1. The second-order valence-corrected chi connectivity index (χ2v) is 12.5. The first kappa shape index (κ1) is 27.3. The number of piperidine rings is 1. The number of pyridine rings is 1. The maximum Gasteiger partial charge on any atom is 0.354 e. The molecule has 0 spiro atoms. The minimum absolute atomic E-state index is 0.0248. The van der Waals surface area contributed by atoms with Gasteiger partial charge in [0.15, 0.2) is 11.3 Å². The molecule has 0 aliphatic carbocycles. The summed E-state index contributed by atoms with van der Waals surface area (Å²) < 4.78 is 22.1. The fourth-order valence-corrected chi connectivity index (χ4v) is 6.55. The van der Waals surface area contributed by atoms with E-state index in [0.717, 1.165) is 74.0 Å². The summed E-state index contributed by atoms with van der Waals surface area (Å²) in [6.07, 6.45) is 4.31. The van der Waals surface area contributed by atoms with Crippen molar-refractivity contribution in [2.24, 2.45) is 5.92 Å². The highest BCUT2D eigenvalue weighted by Gasteiger charge is 2.35. The van der Waals surface area contributed by atoms with Crippen molar-refractivity contribution >= 4 is 40.1 Å². The number of ether oxygens (including phenoxy) is 1. The van der Waals surface area contributed by atoms with Gasteiger partial charge in [-0.3, -0.25) is 4.90 Å². The van der Waals surface area contributed by atoms with Crippen LogP contribution in [0.3, 0.4) is 0 Å². The van der Waals surface area contributed by atoms with Gasteiger partial charge in [0.1, 0.15) is 22.2 Å². The molecule has 2 saturated heterocycles. The number of imidazole rings is 1. The van der Waals surface area contributed by atoms with Crippen molar-refractivity contribution in [1.82, 2.24) is 24.4 Å². The van der Waals surface area contributed by atoms with Crippen LogP contribution in [0.25, 0.3) is 11.2 Å². The molecule has 1 N–H and O–H groups in total. The predicted molar refractivity (Wildman–Crippen MR) is 151 cm³/mol. The van der Waals surface area contributed by atoms with Gasteiger partial charge in [0.25, 0.3) is 0 Å². The number of thiazole rings is 1. The van der Waals surface area contributed by atoms with E-state index >= 15 is 0 Å². The number of carboxylic acids is 1. The van der Waals surface area contributed by atoms with Gasteiger partial charge in [0.2, 0.25) is 0 Å². The number of hydrogen-bond acceptors (Lipinski definition) is 7. The third-order valence-corrected chi connectivity index (χ3v) is 9.11. The van der Waals surface area contributed by atoms with E-state index < -0.39 is 5.97 Å². The molecule has 0 bridgehead atoms. The number of likely N-dealkylation sites (tertiary alicyclic amines) is 1. The molecule has 0 radical (unpaired) electrons. The highest BCUT2D eigenvalue weighted by atomic mass is 35.5. The number of halogens is 2. The number of aromatic nitrogens is 4. The zero-order valence-electron chi connectivity index (χ0n) is 22.3. The Morgan fingerprint density at radius 3 is 2.73 bits per heavy atom. The van der Waals surface area contributed by atoms with E-state index in [1.54, 1.807) is 29.5 Å². The molecule has 3 aromatic heterocycles. The average molecular weight is 584 g/mol. The fraction of sp³-hybridized carbons (Fsp3) is 0.448. The van der Waals surface area contributed by atoms with Crippen LogP contribution < -0.4 is 0 Å². The number of hydrogen-bond donors (Lipinski definition) is 1. The molecule has 1 unspecified atom stereocenters. The number of benzene rings is 1. The zero-order chi connectivity index (χ0) is 27.9. The lowest BCUT2D eigenvalue weighted by Crippen LogP contribution is -2.44. The average Bonchev–Trinajstić information content (AvgIpc) is 3.49. The third-order valence-electron chi connectivity index (χ3n) is 7.99. The van der Waals surface area contributed by atoms with Crippen molar-refractivity contribution in [2.75, 3.05) is 19.7 Å². The number of carboxylic acid groups (broad SMARTS) is 1. The van der Waals surface area contributed by atoms with Crippen LogP contribution in [-0.2, 0) is 30.7 Å². The number of nitrogens with zero attached hydrogens (tertiary/aromatic N) is 5. The summed E-state index contributed by atoms with van der Waals surface area (Å²) in [5, 5.41) is 12.9. The molecule has 4 aromatic rings. The van der Waals surface area contributed by atoms with Gasteiger partial charge >= 0.3 is 5.97 Å². The van der Waals surface area contributed by atoms with E-state index in [9.17, 15) is 14.3 Å². The zero-order valence-corrected chi connectivity index (χ0v) is 23.8. The van der Waals surface area contributed by atoms with Crippen molar-refractivity contribution < 1.29 is 19.0 Å². The van der Waals surface area contributed by atoms with E-state index in [1.165, 1.54) is 12.1 Å². The fourth-order valence-electron chi connectivity index (χ4n) is 5.56. The summed E-state index contributed by atoms with van der Waals surface area (Å²) in [4.78, 5) is 28.1. The summed E-state index contributed by atoms with van der Waals surface area (Å²) >= 11 is 7.49. The van der Waals surface area contributed by atoms with Gasteiger partial charge in [-0.1, -0.05) is 17.7 Å². The molecule has 2 aliphatic rings. The molecule has 8 nitrogen and oxygen atoms in total. The van der Waals surface area contributed by atoms with E-state index in [-0.39, 0.29) is 17.1 Å². The van der Waals surface area contributed by atoms with Gasteiger partial charge in [0.05, 0.1) is 31.0 Å². The largest absolute Gasteiger partial charge is 0.477 e. The van der Waals surface area contributed by atoms with E-state index in [1.807, 2.05) is 5.38 Å². The van der Waals surface area contributed by atoms with Crippen LogP contribution in [0.1, 0.15) is 58.8 Å².